The molecule has 0 aliphatic carbocycles. The number of amides is 1. The van der Waals surface area contributed by atoms with Gasteiger partial charge in [0.15, 0.2) is 0 Å². The molecule has 1 N–H and O–H groups in total. The number of hydrogen-bond acceptors (Lipinski definition) is 2. The van der Waals surface area contributed by atoms with Crippen molar-refractivity contribution < 1.29 is 4.79 Å². The van der Waals surface area contributed by atoms with E-state index in [1.54, 1.807) is 6.07 Å². The van der Waals surface area contributed by atoms with Gasteiger partial charge in [-0.05, 0) is 12.1 Å². The molecule has 2 rings (SSSR count). The number of carbonyl (C=O) groups excluding carboxylic acids is 1. The number of nitrogens with one attached hydrogen (secondary N) is 1. The lowest BCUT2D eigenvalue weighted by Crippen LogP contribution is -2.25. The summed E-state index contributed by atoms with van der Waals surface area (Å²) in [5.41, 5.74) is 1.00. The van der Waals surface area contributed by atoms with Crippen LogP contribution in [0.25, 0.3) is 10.9 Å². The van der Waals surface area contributed by atoms with E-state index in [1.807, 2.05) is 24.3 Å². The number of benzene rings is 1. The largest absolute Gasteiger partial charge is 0.346 e. The molecule has 0 fully saturated rings. The Labute approximate surface area is 118 Å². The summed E-state index contributed by atoms with van der Waals surface area (Å²) in [6.45, 7) is 4.00. The van der Waals surface area contributed by atoms with Crippen molar-refractivity contribution in [2.45, 2.75) is 0 Å². The minimum Gasteiger partial charge on any atom is -0.346 e. The highest BCUT2D eigenvalue weighted by atomic mass is 79.9. The lowest BCUT2D eigenvalue weighted by Gasteiger charge is -2.06. The molecular weight excluding hydrogens is 316 g/mol. The smallest absolute Gasteiger partial charge is 0.270 e. The first-order chi connectivity index (χ1) is 8.58. The monoisotopic (exact) mass is 324 g/mol. The second kappa shape index (κ2) is 5.50. The molecule has 0 saturated heterocycles. The molecule has 1 aromatic heterocycles. The molecule has 0 bridgehead atoms. The summed E-state index contributed by atoms with van der Waals surface area (Å²) in [5, 5.41) is 4.03. The van der Waals surface area contributed by atoms with Crippen LogP contribution in [0.1, 0.15) is 10.5 Å². The first-order valence-corrected chi connectivity index (χ1v) is 6.42. The third-order valence-electron chi connectivity index (χ3n) is 2.34. The second-order valence-electron chi connectivity index (χ2n) is 3.71. The fourth-order valence-electron chi connectivity index (χ4n) is 1.52. The lowest BCUT2D eigenvalue weighted by atomic mass is 10.2. The maximum atomic E-state index is 11.9. The van der Waals surface area contributed by atoms with Gasteiger partial charge in [-0.15, -0.1) is 0 Å². The maximum Gasteiger partial charge on any atom is 0.270 e. The quantitative estimate of drug-likeness (QED) is 0.938. The van der Waals surface area contributed by atoms with E-state index < -0.39 is 0 Å². The van der Waals surface area contributed by atoms with Gasteiger partial charge in [0.1, 0.15) is 5.69 Å². The van der Waals surface area contributed by atoms with Crippen LogP contribution in [0.15, 0.2) is 41.4 Å². The van der Waals surface area contributed by atoms with Gasteiger partial charge in [0.05, 0.1) is 10.5 Å². The standard InChI is InChI=1S/C13H10BrClN2O/c1-8(14)7-16-13(18)12-6-10(15)9-4-2-3-5-11(9)17-12/h2-6H,1,7H2,(H,16,18). The van der Waals surface area contributed by atoms with E-state index in [1.165, 1.54) is 0 Å². The predicted molar refractivity (Wildman–Crippen MR) is 77.2 cm³/mol. The van der Waals surface area contributed by atoms with Gasteiger partial charge in [0, 0.05) is 16.4 Å². The number of rotatable bonds is 3. The van der Waals surface area contributed by atoms with Crippen molar-refractivity contribution in [2.75, 3.05) is 6.54 Å². The summed E-state index contributed by atoms with van der Waals surface area (Å²) in [6.07, 6.45) is 0. The van der Waals surface area contributed by atoms with Crippen LogP contribution in [0.4, 0.5) is 0 Å². The fraction of sp³-hybridized carbons (Fsp3) is 0.0769. The van der Waals surface area contributed by atoms with Crippen molar-refractivity contribution in [3.63, 3.8) is 0 Å². The fourth-order valence-corrected chi connectivity index (χ4v) is 1.92. The van der Waals surface area contributed by atoms with Crippen molar-refractivity contribution in [3.05, 3.63) is 52.1 Å². The van der Waals surface area contributed by atoms with E-state index >= 15 is 0 Å². The van der Waals surface area contributed by atoms with Crippen LogP contribution in [-0.2, 0) is 0 Å². The number of para-hydroxylation sites is 1. The molecule has 0 saturated carbocycles. The first kappa shape index (κ1) is 13.1. The average Bonchev–Trinajstić information content (AvgIpc) is 2.36. The van der Waals surface area contributed by atoms with E-state index in [2.05, 4.69) is 32.8 Å². The summed E-state index contributed by atoms with van der Waals surface area (Å²) in [5.74, 6) is -0.275. The van der Waals surface area contributed by atoms with Crippen molar-refractivity contribution in [1.82, 2.24) is 10.3 Å². The zero-order valence-electron chi connectivity index (χ0n) is 9.41. The lowest BCUT2D eigenvalue weighted by molar-refractivity contribution is 0.0953. The van der Waals surface area contributed by atoms with E-state index in [0.29, 0.717) is 27.3 Å². The van der Waals surface area contributed by atoms with E-state index in [4.69, 9.17) is 11.6 Å². The molecule has 5 heteroatoms. The van der Waals surface area contributed by atoms with Gasteiger partial charge in [0.2, 0.25) is 0 Å². The Hall–Kier alpha value is -1.39. The van der Waals surface area contributed by atoms with Crippen LogP contribution in [0.2, 0.25) is 5.02 Å². The number of halogens is 2. The predicted octanol–water partition coefficient (Wildman–Crippen LogP) is 3.53. The van der Waals surface area contributed by atoms with Crippen molar-refractivity contribution in [3.8, 4) is 0 Å². The van der Waals surface area contributed by atoms with E-state index in [-0.39, 0.29) is 5.91 Å². The zero-order valence-corrected chi connectivity index (χ0v) is 11.8. The Morgan fingerprint density at radius 3 is 2.89 bits per heavy atom. The average molecular weight is 326 g/mol. The summed E-state index contributed by atoms with van der Waals surface area (Å²) >= 11 is 9.30. The molecule has 1 heterocycles. The molecule has 92 valence electrons. The van der Waals surface area contributed by atoms with Gasteiger partial charge in [0.25, 0.3) is 5.91 Å². The Balaban J connectivity index is 2.34. The van der Waals surface area contributed by atoms with E-state index in [9.17, 15) is 4.79 Å². The van der Waals surface area contributed by atoms with Gasteiger partial charge in [-0.25, -0.2) is 4.98 Å². The Morgan fingerprint density at radius 1 is 1.44 bits per heavy atom. The Morgan fingerprint density at radius 2 is 2.17 bits per heavy atom. The topological polar surface area (TPSA) is 42.0 Å². The van der Waals surface area contributed by atoms with Crippen molar-refractivity contribution >= 4 is 44.3 Å². The van der Waals surface area contributed by atoms with Gasteiger partial charge in [-0.3, -0.25) is 4.79 Å². The molecule has 2 aromatic rings. The second-order valence-corrected chi connectivity index (χ2v) is 5.24. The first-order valence-electron chi connectivity index (χ1n) is 5.24. The molecule has 0 aliphatic heterocycles. The third kappa shape index (κ3) is 2.89. The summed E-state index contributed by atoms with van der Waals surface area (Å²) in [6, 6.07) is 8.99. The van der Waals surface area contributed by atoms with Gasteiger partial charge < -0.3 is 5.32 Å². The SMILES string of the molecule is C=C(Br)CNC(=O)c1cc(Cl)c2ccccc2n1. The number of nitrogens with zero attached hydrogens (tertiary/aromatic N) is 1. The van der Waals surface area contributed by atoms with Gasteiger partial charge >= 0.3 is 0 Å². The highest BCUT2D eigenvalue weighted by Crippen LogP contribution is 2.22. The van der Waals surface area contributed by atoms with Crippen LogP contribution in [-0.4, -0.2) is 17.4 Å². The molecule has 18 heavy (non-hydrogen) atoms. The highest BCUT2D eigenvalue weighted by Gasteiger charge is 2.10. The van der Waals surface area contributed by atoms with Crippen LogP contribution in [0.5, 0.6) is 0 Å². The molecule has 1 aromatic carbocycles. The van der Waals surface area contributed by atoms with Crippen LogP contribution in [0, 0.1) is 0 Å². The summed E-state index contributed by atoms with van der Waals surface area (Å²) < 4.78 is 0.697. The number of hydrogen-bond donors (Lipinski definition) is 1. The normalized spacial score (nSPS) is 10.3. The van der Waals surface area contributed by atoms with Gasteiger partial charge in [-0.2, -0.15) is 0 Å². The molecular formula is C13H10BrClN2O. The van der Waals surface area contributed by atoms with Crippen LogP contribution in [0.3, 0.4) is 0 Å². The number of fused-ring (bicyclic) bond motifs is 1. The molecule has 3 nitrogen and oxygen atoms in total. The highest BCUT2D eigenvalue weighted by molar-refractivity contribution is 9.11. The summed E-state index contributed by atoms with van der Waals surface area (Å²) in [4.78, 5) is 16.1. The summed E-state index contributed by atoms with van der Waals surface area (Å²) in [7, 11) is 0. The Kier molecular flexibility index (Phi) is 3.99. The van der Waals surface area contributed by atoms with Crippen molar-refractivity contribution in [1.29, 1.82) is 0 Å². The molecule has 0 atom stereocenters. The minimum atomic E-state index is -0.275. The van der Waals surface area contributed by atoms with Crippen molar-refractivity contribution in [2.24, 2.45) is 0 Å². The number of aromatic nitrogens is 1. The van der Waals surface area contributed by atoms with Gasteiger partial charge in [-0.1, -0.05) is 52.3 Å². The molecule has 1 amide bonds. The minimum absolute atomic E-state index is 0.275. The zero-order chi connectivity index (χ0) is 13.1. The maximum absolute atomic E-state index is 11.9. The number of pyridine rings is 1. The molecule has 0 unspecified atom stereocenters. The Bertz CT molecular complexity index is 627. The van der Waals surface area contributed by atoms with Crippen LogP contribution < -0.4 is 5.32 Å². The third-order valence-corrected chi connectivity index (χ3v) is 2.93. The molecule has 0 radical (unpaired) electrons. The molecule has 0 aliphatic rings. The van der Waals surface area contributed by atoms with Crippen LogP contribution >= 0.6 is 27.5 Å². The molecule has 0 spiro atoms. The number of carbonyl (C=O) groups is 1. The van der Waals surface area contributed by atoms with E-state index in [0.717, 1.165) is 5.39 Å².